The van der Waals surface area contributed by atoms with E-state index in [0.29, 0.717) is 17.9 Å². The quantitative estimate of drug-likeness (QED) is 0.349. The molecule has 2 atom stereocenters. The van der Waals surface area contributed by atoms with Gasteiger partial charge < -0.3 is 4.90 Å². The van der Waals surface area contributed by atoms with Crippen LogP contribution in [0.25, 0.3) is 0 Å². The first kappa shape index (κ1) is 25.7. The maximum atomic E-state index is 11.3. The van der Waals surface area contributed by atoms with E-state index in [1.165, 1.54) is 37.2 Å². The van der Waals surface area contributed by atoms with E-state index in [4.69, 9.17) is 11.6 Å². The monoisotopic (exact) mass is 535 g/mol. The van der Waals surface area contributed by atoms with Crippen molar-refractivity contribution in [2.24, 2.45) is 5.92 Å². The van der Waals surface area contributed by atoms with Gasteiger partial charge in [-0.3, -0.25) is 4.55 Å². The van der Waals surface area contributed by atoms with E-state index in [9.17, 15) is 13.0 Å². The van der Waals surface area contributed by atoms with Crippen LogP contribution in [-0.2, 0) is 10.1 Å². The Balaban J connectivity index is 1.66. The number of benzene rings is 1. The molecule has 0 radical (unpaired) electrons. The van der Waals surface area contributed by atoms with Crippen LogP contribution in [0.1, 0.15) is 38.7 Å². The summed E-state index contributed by atoms with van der Waals surface area (Å²) in [7, 11) is -3.97. The maximum Gasteiger partial charge on any atom is 0.264 e. The number of rotatable bonds is 8. The van der Waals surface area contributed by atoms with Gasteiger partial charge in [-0.15, -0.1) is 11.8 Å². The number of hydrogen-bond donors (Lipinski definition) is 1. The molecule has 2 unspecified atom stereocenters. The zero-order chi connectivity index (χ0) is 24.5. The Morgan fingerprint density at radius 3 is 2.79 bits per heavy atom. The molecular formula is C26H30ClNO3S3. The number of aryl methyl sites for hydroxylation is 1. The van der Waals surface area contributed by atoms with Gasteiger partial charge in [0.1, 0.15) is 0 Å². The van der Waals surface area contributed by atoms with Gasteiger partial charge >= 0.3 is 0 Å². The highest BCUT2D eigenvalue weighted by molar-refractivity contribution is 8.04. The highest BCUT2D eigenvalue weighted by Crippen LogP contribution is 2.50. The largest absolute Gasteiger partial charge is 0.335 e. The van der Waals surface area contributed by atoms with Gasteiger partial charge in [0.15, 0.2) is 0 Å². The molecule has 2 aliphatic heterocycles. The van der Waals surface area contributed by atoms with E-state index in [1.807, 2.05) is 29.6 Å². The zero-order valence-electron chi connectivity index (χ0n) is 19.6. The highest BCUT2D eigenvalue weighted by atomic mass is 35.5. The number of thioether (sulfide) groups is 2. The summed E-state index contributed by atoms with van der Waals surface area (Å²) in [6.45, 7) is 7.37. The van der Waals surface area contributed by atoms with Crippen molar-refractivity contribution in [1.82, 2.24) is 0 Å². The van der Waals surface area contributed by atoms with Crippen molar-refractivity contribution in [3.8, 4) is 0 Å². The van der Waals surface area contributed by atoms with Crippen molar-refractivity contribution in [3.63, 3.8) is 0 Å². The van der Waals surface area contributed by atoms with Crippen molar-refractivity contribution < 1.29 is 13.0 Å². The molecule has 0 saturated carbocycles. The minimum atomic E-state index is -3.97. The lowest BCUT2D eigenvalue weighted by Crippen LogP contribution is -2.16. The van der Waals surface area contributed by atoms with Gasteiger partial charge in [0.2, 0.25) is 0 Å². The Hall–Kier alpha value is -1.38. The van der Waals surface area contributed by atoms with Crippen LogP contribution in [0.2, 0.25) is 0 Å². The molecule has 4 rings (SSSR count). The molecule has 34 heavy (non-hydrogen) atoms. The Kier molecular flexibility index (Phi) is 8.09. The summed E-state index contributed by atoms with van der Waals surface area (Å²) >= 11 is 9.93. The normalized spacial score (nSPS) is 23.6. The van der Waals surface area contributed by atoms with Crippen LogP contribution in [0.15, 0.2) is 79.6 Å². The van der Waals surface area contributed by atoms with Crippen LogP contribution in [-0.4, -0.2) is 30.5 Å². The fraction of sp³-hybridized carbons (Fsp3) is 0.385. The Morgan fingerprint density at radius 2 is 2.09 bits per heavy atom. The smallest absolute Gasteiger partial charge is 0.264 e. The predicted molar refractivity (Wildman–Crippen MR) is 147 cm³/mol. The molecule has 0 bridgehead atoms. The van der Waals surface area contributed by atoms with E-state index in [0.717, 1.165) is 13.0 Å². The van der Waals surface area contributed by atoms with Crippen LogP contribution < -0.4 is 4.90 Å². The molecule has 8 heteroatoms. The van der Waals surface area contributed by atoms with Crippen molar-refractivity contribution in [3.05, 3.63) is 80.3 Å². The summed E-state index contributed by atoms with van der Waals surface area (Å²) < 4.78 is 31.7. The third kappa shape index (κ3) is 5.88. The minimum Gasteiger partial charge on any atom is -0.335 e. The number of halogens is 1. The van der Waals surface area contributed by atoms with E-state index in [1.54, 1.807) is 0 Å². The molecule has 4 nitrogen and oxygen atoms in total. The Morgan fingerprint density at radius 1 is 1.29 bits per heavy atom. The van der Waals surface area contributed by atoms with Crippen LogP contribution in [0.4, 0.5) is 5.69 Å². The minimum absolute atomic E-state index is 0.154. The molecule has 182 valence electrons. The Bertz CT molecular complexity index is 1230. The van der Waals surface area contributed by atoms with Gasteiger partial charge in [0, 0.05) is 32.5 Å². The van der Waals surface area contributed by atoms with Crippen molar-refractivity contribution in [2.75, 3.05) is 17.2 Å². The maximum absolute atomic E-state index is 11.3. The fourth-order valence-electron chi connectivity index (χ4n) is 4.51. The predicted octanol–water partition coefficient (Wildman–Crippen LogP) is 7.45. The lowest BCUT2D eigenvalue weighted by Gasteiger charge is -2.19. The van der Waals surface area contributed by atoms with Gasteiger partial charge in [0.05, 0.1) is 16.5 Å². The fourth-order valence-corrected chi connectivity index (χ4v) is 7.85. The van der Waals surface area contributed by atoms with E-state index in [-0.39, 0.29) is 16.9 Å². The van der Waals surface area contributed by atoms with Crippen molar-refractivity contribution >= 4 is 50.9 Å². The van der Waals surface area contributed by atoms with E-state index >= 15 is 0 Å². The summed E-state index contributed by atoms with van der Waals surface area (Å²) in [5, 5.41) is 2.21. The third-order valence-electron chi connectivity index (χ3n) is 6.20. The lowest BCUT2D eigenvalue weighted by molar-refractivity contribution is 0.480. The summed E-state index contributed by atoms with van der Waals surface area (Å²) in [6, 6.07) is 6.60. The second-order valence-corrected chi connectivity index (χ2v) is 13.0. The average molecular weight is 536 g/mol. The molecule has 1 N–H and O–H groups in total. The number of anilines is 1. The van der Waals surface area contributed by atoms with Gasteiger partial charge in [-0.25, -0.2) is 0 Å². The number of fused-ring (bicyclic) bond motifs is 2. The molecule has 1 aromatic carbocycles. The second-order valence-electron chi connectivity index (χ2n) is 8.67. The van der Waals surface area contributed by atoms with Crippen LogP contribution in [0.3, 0.4) is 0 Å². The number of allylic oxidation sites excluding steroid dienone is 7. The second kappa shape index (κ2) is 10.7. The SMILES string of the molecule is CCC(/C=C1\Sc2ccc(C)cc2N1CC)=C\C1=C(CCCS(=O)(=O)O)C2C=C(Cl)C=CC2S1. The first-order chi connectivity index (χ1) is 16.2. The highest BCUT2D eigenvalue weighted by Gasteiger charge is 2.33. The van der Waals surface area contributed by atoms with Crippen LogP contribution >= 0.6 is 35.1 Å². The van der Waals surface area contributed by atoms with Crippen LogP contribution in [0.5, 0.6) is 0 Å². The van der Waals surface area contributed by atoms with E-state index in [2.05, 4.69) is 68.2 Å². The molecular weight excluding hydrogens is 506 g/mol. The molecule has 3 aliphatic rings. The van der Waals surface area contributed by atoms with Gasteiger partial charge in [-0.05, 0) is 80.2 Å². The zero-order valence-corrected chi connectivity index (χ0v) is 22.8. The summed E-state index contributed by atoms with van der Waals surface area (Å²) in [5.74, 6) is -0.0750. The summed E-state index contributed by atoms with van der Waals surface area (Å²) in [6.07, 6.45) is 12.6. The molecule has 0 spiro atoms. The Labute approximate surface area is 216 Å². The van der Waals surface area contributed by atoms with E-state index < -0.39 is 10.1 Å². The molecule has 2 heterocycles. The first-order valence-electron chi connectivity index (χ1n) is 11.6. The number of hydrogen-bond acceptors (Lipinski definition) is 5. The van der Waals surface area contributed by atoms with Crippen LogP contribution in [0, 0.1) is 12.8 Å². The average Bonchev–Trinajstić information content (AvgIpc) is 3.29. The standard InChI is InChI=1S/C26H30ClNO3S3/c1-4-18(15-26-28(5-2)22-13-17(3)8-10-24(22)33-26)14-25-20(7-6-12-34(29,30)31)21-16-19(27)9-11-23(21)32-25/h8-11,13-16,21,23H,4-7,12H2,1-3H3,(H,29,30,31)/b18-14+,26-15-. The van der Waals surface area contributed by atoms with Crippen molar-refractivity contribution in [2.45, 2.75) is 50.2 Å². The molecule has 0 amide bonds. The van der Waals surface area contributed by atoms with Gasteiger partial charge in [0.25, 0.3) is 10.1 Å². The molecule has 1 aromatic rings. The molecule has 0 saturated heterocycles. The summed E-state index contributed by atoms with van der Waals surface area (Å²) in [4.78, 5) is 4.83. The van der Waals surface area contributed by atoms with Crippen molar-refractivity contribution in [1.29, 1.82) is 0 Å². The lowest BCUT2D eigenvalue weighted by atomic mass is 9.89. The topological polar surface area (TPSA) is 57.6 Å². The molecule has 1 aliphatic carbocycles. The first-order valence-corrected chi connectivity index (χ1v) is 15.3. The third-order valence-corrected chi connectivity index (χ3v) is 9.73. The molecule has 0 fully saturated rings. The van der Waals surface area contributed by atoms with Gasteiger partial charge in [-0.1, -0.05) is 48.5 Å². The molecule has 0 aromatic heterocycles. The van der Waals surface area contributed by atoms with Gasteiger partial charge in [-0.2, -0.15) is 8.42 Å². The summed E-state index contributed by atoms with van der Waals surface area (Å²) in [5.41, 5.74) is 4.97. The number of nitrogens with zero attached hydrogens (tertiary/aromatic N) is 1.